The highest BCUT2D eigenvalue weighted by Crippen LogP contribution is 2.14. The molecular weight excluding hydrogens is 293 g/mol. The van der Waals surface area contributed by atoms with Gasteiger partial charge in [0.1, 0.15) is 0 Å². The maximum atomic E-state index is 11.9. The van der Waals surface area contributed by atoms with Crippen LogP contribution in [0, 0.1) is 0 Å². The summed E-state index contributed by atoms with van der Waals surface area (Å²) in [4.78, 5) is 15.8. The number of benzene rings is 1. The first-order valence-corrected chi connectivity index (χ1v) is 5.85. The average Bonchev–Trinajstić information content (AvgIpc) is 2.39. The second-order valence-electron chi connectivity index (χ2n) is 2.96. The highest BCUT2D eigenvalue weighted by molar-refractivity contribution is 9.08. The molecule has 1 aromatic carbocycles. The van der Waals surface area contributed by atoms with Crippen LogP contribution in [0.25, 0.3) is 0 Å². The zero-order chi connectivity index (χ0) is 12.7. The Morgan fingerprint density at radius 2 is 2.18 bits per heavy atom. The van der Waals surface area contributed by atoms with Crippen LogP contribution in [0.2, 0.25) is 0 Å². The summed E-state index contributed by atoms with van der Waals surface area (Å²) in [6.07, 6.45) is 0. The van der Waals surface area contributed by atoms with E-state index in [1.165, 1.54) is 7.11 Å². The SMILES string of the molecule is COC(=O)/C(=N\OCF)c1ccccc1CBr. The van der Waals surface area contributed by atoms with Crippen LogP contribution in [0.1, 0.15) is 11.1 Å². The molecule has 0 N–H and O–H groups in total. The van der Waals surface area contributed by atoms with Gasteiger partial charge in [-0.25, -0.2) is 9.18 Å². The van der Waals surface area contributed by atoms with Crippen LogP contribution in [0.15, 0.2) is 29.4 Å². The van der Waals surface area contributed by atoms with E-state index in [1.54, 1.807) is 12.1 Å². The molecule has 0 aliphatic carbocycles. The van der Waals surface area contributed by atoms with Gasteiger partial charge in [-0.15, -0.1) is 0 Å². The van der Waals surface area contributed by atoms with Crippen molar-refractivity contribution >= 4 is 27.6 Å². The molecule has 0 aliphatic heterocycles. The molecule has 0 atom stereocenters. The van der Waals surface area contributed by atoms with E-state index in [0.717, 1.165) is 5.56 Å². The van der Waals surface area contributed by atoms with E-state index >= 15 is 0 Å². The van der Waals surface area contributed by atoms with Crippen LogP contribution < -0.4 is 0 Å². The summed E-state index contributed by atoms with van der Waals surface area (Å²) in [6.45, 7) is -1.10. The van der Waals surface area contributed by atoms with E-state index in [1.807, 2.05) is 12.1 Å². The number of halogens is 2. The van der Waals surface area contributed by atoms with Gasteiger partial charge in [-0.1, -0.05) is 45.4 Å². The molecule has 0 heterocycles. The second-order valence-corrected chi connectivity index (χ2v) is 3.52. The monoisotopic (exact) mass is 303 g/mol. The van der Waals surface area contributed by atoms with Gasteiger partial charge in [-0.05, 0) is 5.56 Å². The highest BCUT2D eigenvalue weighted by Gasteiger charge is 2.18. The van der Waals surface area contributed by atoms with Gasteiger partial charge in [0.25, 0.3) is 6.86 Å². The molecule has 4 nitrogen and oxygen atoms in total. The molecule has 0 amide bonds. The standard InChI is InChI=1S/C11H11BrFNO3/c1-16-11(15)10(14-17-7-13)9-5-3-2-4-8(9)6-12/h2-5H,6-7H2,1H3/b14-10-. The number of hydrogen-bond donors (Lipinski definition) is 0. The number of methoxy groups -OCH3 is 1. The Kier molecular flexibility index (Phi) is 5.62. The fourth-order valence-corrected chi connectivity index (χ4v) is 1.74. The molecule has 0 spiro atoms. The average molecular weight is 304 g/mol. The molecule has 0 aromatic heterocycles. The van der Waals surface area contributed by atoms with Crippen molar-refractivity contribution in [3.63, 3.8) is 0 Å². The van der Waals surface area contributed by atoms with Crippen molar-refractivity contribution in [2.75, 3.05) is 14.0 Å². The molecule has 92 valence electrons. The van der Waals surface area contributed by atoms with Crippen molar-refractivity contribution in [2.24, 2.45) is 5.16 Å². The van der Waals surface area contributed by atoms with Crippen LogP contribution in [0.3, 0.4) is 0 Å². The summed E-state index contributed by atoms with van der Waals surface area (Å²) in [6, 6.07) is 7.08. The minimum Gasteiger partial charge on any atom is -0.464 e. The quantitative estimate of drug-likeness (QED) is 0.363. The molecular formula is C11H11BrFNO3. The second kappa shape index (κ2) is 7.01. The summed E-state index contributed by atoms with van der Waals surface area (Å²) < 4.78 is 16.5. The predicted octanol–water partition coefficient (Wildman–Crippen LogP) is 2.40. The fraction of sp³-hybridized carbons (Fsp3) is 0.273. The van der Waals surface area contributed by atoms with E-state index in [9.17, 15) is 9.18 Å². The number of oxime groups is 1. The van der Waals surface area contributed by atoms with Crippen molar-refractivity contribution in [2.45, 2.75) is 5.33 Å². The van der Waals surface area contributed by atoms with Crippen LogP contribution in [-0.2, 0) is 19.7 Å². The first-order chi connectivity index (χ1) is 8.24. The molecule has 6 heteroatoms. The summed E-state index contributed by atoms with van der Waals surface area (Å²) in [5, 5.41) is 3.97. The molecule has 0 saturated carbocycles. The molecule has 1 rings (SSSR count). The third-order valence-electron chi connectivity index (χ3n) is 2.00. The maximum Gasteiger partial charge on any atom is 0.360 e. The molecule has 0 bridgehead atoms. The first kappa shape index (κ1) is 13.6. The molecule has 1 aromatic rings. The van der Waals surface area contributed by atoms with Crippen molar-refractivity contribution in [1.82, 2.24) is 0 Å². The number of carbonyl (C=O) groups is 1. The first-order valence-electron chi connectivity index (χ1n) is 4.73. The van der Waals surface area contributed by atoms with Crippen molar-refractivity contribution in [1.29, 1.82) is 0 Å². The summed E-state index contributed by atoms with van der Waals surface area (Å²) in [7, 11) is 1.23. The van der Waals surface area contributed by atoms with Crippen LogP contribution in [0.5, 0.6) is 0 Å². The van der Waals surface area contributed by atoms with Gasteiger partial charge in [0.05, 0.1) is 7.11 Å². The Labute approximate surface area is 107 Å². The smallest absolute Gasteiger partial charge is 0.360 e. The highest BCUT2D eigenvalue weighted by atomic mass is 79.9. The van der Waals surface area contributed by atoms with E-state index < -0.39 is 12.8 Å². The Balaban J connectivity index is 3.17. The van der Waals surface area contributed by atoms with E-state index in [4.69, 9.17) is 0 Å². The third-order valence-corrected chi connectivity index (χ3v) is 2.60. The summed E-state index contributed by atoms with van der Waals surface area (Å²) in [5.74, 6) is -0.674. The van der Waals surface area contributed by atoms with Gasteiger partial charge >= 0.3 is 5.97 Å². The van der Waals surface area contributed by atoms with Gasteiger partial charge in [0, 0.05) is 10.9 Å². The van der Waals surface area contributed by atoms with Crippen molar-refractivity contribution in [3.8, 4) is 0 Å². The number of hydrogen-bond acceptors (Lipinski definition) is 4. The topological polar surface area (TPSA) is 47.9 Å². The number of ether oxygens (including phenoxy) is 1. The predicted molar refractivity (Wildman–Crippen MR) is 64.7 cm³/mol. The fourth-order valence-electron chi connectivity index (χ4n) is 1.25. The molecule has 0 saturated heterocycles. The van der Waals surface area contributed by atoms with E-state index in [0.29, 0.717) is 10.9 Å². The molecule has 0 aliphatic rings. The number of nitrogens with zero attached hydrogens (tertiary/aromatic N) is 1. The lowest BCUT2D eigenvalue weighted by molar-refractivity contribution is -0.132. The summed E-state index contributed by atoms with van der Waals surface area (Å²) in [5.41, 5.74) is 1.32. The third kappa shape index (κ3) is 3.52. The number of carbonyl (C=O) groups excluding carboxylic acids is 1. The summed E-state index contributed by atoms with van der Waals surface area (Å²) >= 11 is 3.29. The van der Waals surface area contributed by atoms with Crippen LogP contribution in [-0.4, -0.2) is 25.7 Å². The van der Waals surface area contributed by atoms with E-state index in [-0.39, 0.29) is 5.71 Å². The van der Waals surface area contributed by atoms with Gasteiger partial charge < -0.3 is 9.57 Å². The normalized spacial score (nSPS) is 11.1. The lowest BCUT2D eigenvalue weighted by atomic mass is 10.0. The lowest BCUT2D eigenvalue weighted by Gasteiger charge is -2.07. The molecule has 0 fully saturated rings. The number of esters is 1. The van der Waals surface area contributed by atoms with Gasteiger partial charge in [-0.2, -0.15) is 0 Å². The number of rotatable bonds is 5. The Morgan fingerprint density at radius 1 is 1.47 bits per heavy atom. The van der Waals surface area contributed by atoms with Crippen LogP contribution >= 0.6 is 15.9 Å². The van der Waals surface area contributed by atoms with Crippen molar-refractivity contribution in [3.05, 3.63) is 35.4 Å². The molecule has 17 heavy (non-hydrogen) atoms. The lowest BCUT2D eigenvalue weighted by Crippen LogP contribution is -2.19. The van der Waals surface area contributed by atoms with Gasteiger partial charge in [0.2, 0.25) is 0 Å². The Bertz CT molecular complexity index is 423. The van der Waals surface area contributed by atoms with Crippen LogP contribution in [0.4, 0.5) is 4.39 Å². The van der Waals surface area contributed by atoms with Crippen molar-refractivity contribution < 1.29 is 18.8 Å². The minimum absolute atomic E-state index is 0.0554. The molecule has 0 radical (unpaired) electrons. The zero-order valence-electron chi connectivity index (χ0n) is 9.15. The Hall–Kier alpha value is -1.43. The number of alkyl halides is 2. The van der Waals surface area contributed by atoms with Gasteiger partial charge in [-0.3, -0.25) is 0 Å². The Morgan fingerprint density at radius 3 is 2.76 bits per heavy atom. The van der Waals surface area contributed by atoms with Gasteiger partial charge in [0.15, 0.2) is 5.71 Å². The maximum absolute atomic E-state index is 11.9. The minimum atomic E-state index is -1.10. The van der Waals surface area contributed by atoms with E-state index in [2.05, 4.69) is 30.7 Å². The molecule has 0 unspecified atom stereocenters. The zero-order valence-corrected chi connectivity index (χ0v) is 10.7. The largest absolute Gasteiger partial charge is 0.464 e.